The van der Waals surface area contributed by atoms with Gasteiger partial charge >= 0.3 is 6.03 Å². The van der Waals surface area contributed by atoms with Crippen LogP contribution in [0.2, 0.25) is 0 Å². The van der Waals surface area contributed by atoms with Gasteiger partial charge in [-0.3, -0.25) is 9.80 Å². The van der Waals surface area contributed by atoms with Gasteiger partial charge in [0.25, 0.3) is 0 Å². The third-order valence-corrected chi connectivity index (χ3v) is 6.83. The van der Waals surface area contributed by atoms with Crippen LogP contribution in [0.4, 0.5) is 16.2 Å². The molecule has 6 heteroatoms. The third kappa shape index (κ3) is 2.78. The summed E-state index contributed by atoms with van der Waals surface area (Å²) in [6, 6.07) is 12.8. The van der Waals surface area contributed by atoms with Crippen LogP contribution in [0.25, 0.3) is 0 Å². The van der Waals surface area contributed by atoms with Crippen LogP contribution in [0.15, 0.2) is 42.5 Å². The van der Waals surface area contributed by atoms with Crippen LogP contribution in [0, 0.1) is 20.8 Å². The molecule has 2 atom stereocenters. The molecule has 2 amide bonds. The first-order valence-electron chi connectivity index (χ1n) is 8.73. The van der Waals surface area contributed by atoms with E-state index in [1.165, 1.54) is 0 Å². The first-order valence-corrected chi connectivity index (χ1v) is 10.6. The SMILES string of the molecule is Cc1cccc(N2C(=O)N(c3cc(C)cc(C)c3)[C@H]3CS(=O)(=O)C[C@H]32)c1. The van der Waals surface area contributed by atoms with Gasteiger partial charge in [-0.1, -0.05) is 18.2 Å². The van der Waals surface area contributed by atoms with E-state index in [0.29, 0.717) is 0 Å². The number of carbonyl (C=O) groups is 1. The highest BCUT2D eigenvalue weighted by atomic mass is 32.2. The summed E-state index contributed by atoms with van der Waals surface area (Å²) in [5.74, 6) is 0.0252. The molecule has 0 unspecified atom stereocenters. The van der Waals surface area contributed by atoms with Gasteiger partial charge in [0.15, 0.2) is 9.84 Å². The molecule has 2 aliphatic rings. The highest BCUT2D eigenvalue weighted by molar-refractivity contribution is 7.91. The van der Waals surface area contributed by atoms with Crippen molar-refractivity contribution < 1.29 is 13.2 Å². The predicted octanol–water partition coefficient (Wildman–Crippen LogP) is 3.22. The first kappa shape index (κ1) is 17.1. The van der Waals surface area contributed by atoms with Crippen LogP contribution in [-0.2, 0) is 9.84 Å². The molecule has 0 bridgehead atoms. The summed E-state index contributed by atoms with van der Waals surface area (Å²) in [6.07, 6.45) is 0. The number of fused-ring (bicyclic) bond motifs is 1. The Balaban J connectivity index is 1.84. The number of anilines is 2. The Bertz CT molecular complexity index is 980. The second kappa shape index (κ2) is 5.84. The topological polar surface area (TPSA) is 57.7 Å². The molecule has 136 valence electrons. The summed E-state index contributed by atoms with van der Waals surface area (Å²) in [7, 11) is -3.18. The van der Waals surface area contributed by atoms with Crippen molar-refractivity contribution in [3.63, 3.8) is 0 Å². The Morgan fingerprint density at radius 3 is 1.92 bits per heavy atom. The van der Waals surface area contributed by atoms with Crippen LogP contribution in [0.1, 0.15) is 16.7 Å². The monoisotopic (exact) mass is 370 g/mol. The number of amides is 2. The molecule has 4 rings (SSSR count). The summed E-state index contributed by atoms with van der Waals surface area (Å²) in [4.78, 5) is 16.7. The van der Waals surface area contributed by atoms with Crippen LogP contribution >= 0.6 is 0 Å². The average molecular weight is 370 g/mol. The molecule has 0 radical (unpaired) electrons. The van der Waals surface area contributed by atoms with E-state index in [1.54, 1.807) is 9.80 Å². The molecule has 2 saturated heterocycles. The molecular formula is C20H22N2O3S. The summed E-state index contributed by atoms with van der Waals surface area (Å²) < 4.78 is 24.7. The van der Waals surface area contributed by atoms with Crippen molar-refractivity contribution in [3.8, 4) is 0 Å². The zero-order valence-electron chi connectivity index (χ0n) is 15.1. The predicted molar refractivity (Wildman–Crippen MR) is 104 cm³/mol. The van der Waals surface area contributed by atoms with Gasteiger partial charge in [-0.2, -0.15) is 0 Å². The Labute approximate surface area is 154 Å². The normalized spacial score (nSPS) is 24.2. The van der Waals surface area contributed by atoms with Gasteiger partial charge in [-0.05, 0) is 61.7 Å². The summed E-state index contributed by atoms with van der Waals surface area (Å²) >= 11 is 0. The second-order valence-electron chi connectivity index (χ2n) is 7.42. The summed E-state index contributed by atoms with van der Waals surface area (Å²) in [6.45, 7) is 5.94. The lowest BCUT2D eigenvalue weighted by Gasteiger charge is -2.23. The lowest BCUT2D eigenvalue weighted by Crippen LogP contribution is -2.38. The number of sulfone groups is 1. The second-order valence-corrected chi connectivity index (χ2v) is 9.57. The van der Waals surface area contributed by atoms with Crippen LogP contribution in [0.5, 0.6) is 0 Å². The maximum atomic E-state index is 13.3. The van der Waals surface area contributed by atoms with Gasteiger partial charge in [0.2, 0.25) is 0 Å². The number of urea groups is 1. The Morgan fingerprint density at radius 1 is 0.808 bits per heavy atom. The van der Waals surface area contributed by atoms with Crippen molar-refractivity contribution in [2.45, 2.75) is 32.9 Å². The van der Waals surface area contributed by atoms with Crippen molar-refractivity contribution in [2.75, 3.05) is 21.3 Å². The molecule has 0 aliphatic carbocycles. The lowest BCUT2D eigenvalue weighted by atomic mass is 10.1. The van der Waals surface area contributed by atoms with E-state index in [-0.39, 0.29) is 29.6 Å². The number of carbonyl (C=O) groups excluding carboxylic acids is 1. The fourth-order valence-electron chi connectivity index (χ4n) is 4.17. The highest BCUT2D eigenvalue weighted by Crippen LogP contribution is 2.38. The minimum absolute atomic E-state index is 0.0125. The molecule has 0 N–H and O–H groups in total. The molecule has 2 aliphatic heterocycles. The lowest BCUT2D eigenvalue weighted by molar-refractivity contribution is 0.255. The summed E-state index contributed by atoms with van der Waals surface area (Å²) in [5.41, 5.74) is 4.68. The van der Waals surface area contributed by atoms with Gasteiger partial charge < -0.3 is 0 Å². The smallest absolute Gasteiger partial charge is 0.288 e. The number of rotatable bonds is 2. The van der Waals surface area contributed by atoms with E-state index in [9.17, 15) is 13.2 Å². The Hall–Kier alpha value is -2.34. The molecule has 26 heavy (non-hydrogen) atoms. The van der Waals surface area contributed by atoms with Crippen LogP contribution in [0.3, 0.4) is 0 Å². The molecule has 2 aromatic rings. The fourth-order valence-corrected chi connectivity index (χ4v) is 6.09. The van der Waals surface area contributed by atoms with Gasteiger partial charge in [0.05, 0.1) is 23.6 Å². The Kier molecular flexibility index (Phi) is 3.84. The maximum absolute atomic E-state index is 13.3. The zero-order chi connectivity index (χ0) is 18.6. The van der Waals surface area contributed by atoms with E-state index in [2.05, 4.69) is 0 Å². The van der Waals surface area contributed by atoms with Crippen molar-refractivity contribution in [1.82, 2.24) is 0 Å². The number of aryl methyl sites for hydroxylation is 3. The zero-order valence-corrected chi connectivity index (χ0v) is 16.0. The molecule has 2 aromatic carbocycles. The van der Waals surface area contributed by atoms with E-state index in [0.717, 1.165) is 28.1 Å². The van der Waals surface area contributed by atoms with Crippen LogP contribution in [-0.4, -0.2) is 38.0 Å². The molecule has 5 nitrogen and oxygen atoms in total. The highest BCUT2D eigenvalue weighted by Gasteiger charge is 2.54. The van der Waals surface area contributed by atoms with Crippen LogP contribution < -0.4 is 9.80 Å². The van der Waals surface area contributed by atoms with Gasteiger partial charge in [-0.15, -0.1) is 0 Å². The van der Waals surface area contributed by atoms with E-state index < -0.39 is 9.84 Å². The quantitative estimate of drug-likeness (QED) is 0.763. The average Bonchev–Trinajstić information content (AvgIpc) is 2.94. The summed E-state index contributed by atoms with van der Waals surface area (Å²) in [5, 5.41) is 0. The third-order valence-electron chi connectivity index (χ3n) is 5.13. The van der Waals surface area contributed by atoms with E-state index in [4.69, 9.17) is 0 Å². The van der Waals surface area contributed by atoms with Gasteiger partial charge in [-0.25, -0.2) is 13.2 Å². The maximum Gasteiger partial charge on any atom is 0.329 e. The van der Waals surface area contributed by atoms with Crippen molar-refractivity contribution in [2.24, 2.45) is 0 Å². The number of nitrogens with zero attached hydrogens (tertiary/aromatic N) is 2. The molecule has 0 aromatic heterocycles. The molecule has 2 heterocycles. The van der Waals surface area contributed by atoms with Gasteiger partial charge in [0.1, 0.15) is 0 Å². The first-order chi connectivity index (χ1) is 12.2. The van der Waals surface area contributed by atoms with E-state index in [1.807, 2.05) is 63.2 Å². The molecular weight excluding hydrogens is 348 g/mol. The van der Waals surface area contributed by atoms with E-state index >= 15 is 0 Å². The Morgan fingerprint density at radius 2 is 1.35 bits per heavy atom. The van der Waals surface area contributed by atoms with Crippen molar-refractivity contribution in [3.05, 3.63) is 59.2 Å². The minimum atomic E-state index is -3.18. The van der Waals surface area contributed by atoms with Crippen molar-refractivity contribution in [1.29, 1.82) is 0 Å². The van der Waals surface area contributed by atoms with Gasteiger partial charge in [0, 0.05) is 11.4 Å². The minimum Gasteiger partial charge on any atom is -0.288 e. The molecule has 2 fully saturated rings. The van der Waals surface area contributed by atoms with Crippen molar-refractivity contribution >= 4 is 27.2 Å². The number of benzene rings is 2. The fraction of sp³-hybridized carbons (Fsp3) is 0.350. The molecule has 0 saturated carbocycles. The largest absolute Gasteiger partial charge is 0.329 e. The number of hydrogen-bond donors (Lipinski definition) is 0. The number of hydrogen-bond acceptors (Lipinski definition) is 3. The molecule has 0 spiro atoms. The standard InChI is InChI=1S/C20H22N2O3S/c1-13-5-4-6-16(8-13)21-18-11-26(24,25)12-19(18)22(20(21)23)17-9-14(2)7-15(3)10-17/h4-10,18-19H,11-12H2,1-3H3/t18-,19+/m1/s1.